The minimum Gasteiger partial charge on any atom is -0.399 e. The van der Waals surface area contributed by atoms with E-state index < -0.39 is 0 Å². The molecule has 0 amide bonds. The van der Waals surface area contributed by atoms with Crippen molar-refractivity contribution in [1.82, 2.24) is 0 Å². The van der Waals surface area contributed by atoms with Gasteiger partial charge < -0.3 is 9.31 Å². The Balaban J connectivity index is 0.000000167. The van der Waals surface area contributed by atoms with Crippen molar-refractivity contribution in [2.45, 2.75) is 105 Å². The highest BCUT2D eigenvalue weighted by Crippen LogP contribution is 2.52. The van der Waals surface area contributed by atoms with E-state index in [-0.39, 0.29) is 29.2 Å². The number of benzene rings is 4. The first-order chi connectivity index (χ1) is 20.3. The van der Waals surface area contributed by atoms with E-state index in [1.165, 1.54) is 76.7 Å². The third kappa shape index (κ3) is 4.75. The lowest BCUT2D eigenvalue weighted by molar-refractivity contribution is 0.00578. The predicted octanol–water partition coefficient (Wildman–Crippen LogP) is 10.3. The first-order valence-electron chi connectivity index (χ1n) is 15.9. The topological polar surface area (TPSA) is 18.5 Å². The van der Waals surface area contributed by atoms with E-state index in [0.717, 1.165) is 0 Å². The molecule has 1 fully saturated rings. The fourth-order valence-corrected chi connectivity index (χ4v) is 8.66. The molecule has 1 heterocycles. The SMILES string of the molecule is Cc1ccc2c(c1)-c1cc(C)cc(B3OC(C)(C)C(C)(C)O3)c1C2(C)C.Cc1ccc2c(c1)-c1cc(C)cc(Br)c1C2(C)C. The maximum Gasteiger partial charge on any atom is 0.495 e. The van der Waals surface area contributed by atoms with E-state index in [0.29, 0.717) is 0 Å². The van der Waals surface area contributed by atoms with Gasteiger partial charge in [0.15, 0.2) is 0 Å². The number of rotatable bonds is 1. The minimum absolute atomic E-state index is 0.0645. The molecule has 0 N–H and O–H groups in total. The second kappa shape index (κ2) is 10.2. The minimum atomic E-state index is -0.333. The molecule has 2 nitrogen and oxygen atoms in total. The van der Waals surface area contributed by atoms with Gasteiger partial charge in [-0.2, -0.15) is 0 Å². The Hall–Kier alpha value is -2.66. The molecular formula is C40H46BBrO2. The van der Waals surface area contributed by atoms with Gasteiger partial charge in [-0.15, -0.1) is 0 Å². The highest BCUT2D eigenvalue weighted by Gasteiger charge is 2.53. The summed E-state index contributed by atoms with van der Waals surface area (Å²) in [5, 5.41) is 0. The molecule has 4 heteroatoms. The van der Waals surface area contributed by atoms with Crippen molar-refractivity contribution in [2.75, 3.05) is 0 Å². The summed E-state index contributed by atoms with van der Waals surface area (Å²) in [6.07, 6.45) is 0. The molecular weight excluding hydrogens is 603 g/mol. The Morgan fingerprint density at radius 3 is 1.41 bits per heavy atom. The zero-order valence-electron chi connectivity index (χ0n) is 28.5. The molecule has 4 aromatic carbocycles. The number of fused-ring (bicyclic) bond motifs is 6. The Kier molecular flexibility index (Phi) is 7.25. The summed E-state index contributed by atoms with van der Waals surface area (Å²) in [7, 11) is -0.330. The van der Waals surface area contributed by atoms with Gasteiger partial charge in [-0.1, -0.05) is 115 Å². The van der Waals surface area contributed by atoms with E-state index in [9.17, 15) is 0 Å². The number of hydrogen-bond donors (Lipinski definition) is 0. The maximum absolute atomic E-state index is 6.42. The van der Waals surface area contributed by atoms with Gasteiger partial charge in [-0.3, -0.25) is 0 Å². The summed E-state index contributed by atoms with van der Waals surface area (Å²) in [5.41, 5.74) is 16.8. The average Bonchev–Trinajstić information content (AvgIpc) is 3.36. The quantitative estimate of drug-likeness (QED) is 0.191. The van der Waals surface area contributed by atoms with Crippen LogP contribution in [0.25, 0.3) is 22.3 Å². The zero-order valence-corrected chi connectivity index (χ0v) is 30.1. The summed E-state index contributed by atoms with van der Waals surface area (Å²) in [6, 6.07) is 22.7. The Labute approximate surface area is 273 Å². The summed E-state index contributed by atoms with van der Waals surface area (Å²) >= 11 is 3.75. The lowest BCUT2D eigenvalue weighted by Crippen LogP contribution is -2.41. The van der Waals surface area contributed by atoms with Crippen LogP contribution < -0.4 is 5.46 Å². The first-order valence-corrected chi connectivity index (χ1v) is 16.7. The average molecular weight is 650 g/mol. The second-order valence-corrected chi connectivity index (χ2v) is 16.2. The van der Waals surface area contributed by atoms with Crippen LogP contribution in [0.3, 0.4) is 0 Å². The molecule has 0 radical (unpaired) electrons. The van der Waals surface area contributed by atoms with Crippen LogP contribution in [0.15, 0.2) is 65.1 Å². The van der Waals surface area contributed by atoms with Crippen molar-refractivity contribution in [2.24, 2.45) is 0 Å². The van der Waals surface area contributed by atoms with Gasteiger partial charge in [0.25, 0.3) is 0 Å². The molecule has 228 valence electrons. The summed E-state index contributed by atoms with van der Waals surface area (Å²) < 4.78 is 14.1. The summed E-state index contributed by atoms with van der Waals surface area (Å²) in [4.78, 5) is 0. The maximum atomic E-state index is 6.42. The van der Waals surface area contributed by atoms with Crippen molar-refractivity contribution < 1.29 is 9.31 Å². The molecule has 0 aromatic heterocycles. The molecule has 0 bridgehead atoms. The molecule has 3 aliphatic rings. The van der Waals surface area contributed by atoms with Crippen molar-refractivity contribution in [1.29, 1.82) is 0 Å². The molecule has 2 aliphatic carbocycles. The van der Waals surface area contributed by atoms with Gasteiger partial charge in [0, 0.05) is 15.3 Å². The third-order valence-corrected chi connectivity index (χ3v) is 11.2. The Morgan fingerprint density at radius 2 is 0.909 bits per heavy atom. The molecule has 0 spiro atoms. The largest absolute Gasteiger partial charge is 0.495 e. The van der Waals surface area contributed by atoms with E-state index in [1.807, 2.05) is 0 Å². The molecule has 44 heavy (non-hydrogen) atoms. The molecule has 0 atom stereocenters. The Morgan fingerprint density at radius 1 is 0.500 bits per heavy atom. The molecule has 1 aliphatic heterocycles. The van der Waals surface area contributed by atoms with Gasteiger partial charge in [0.1, 0.15) is 0 Å². The molecule has 7 rings (SSSR count). The molecule has 1 saturated heterocycles. The van der Waals surface area contributed by atoms with Gasteiger partial charge in [-0.25, -0.2) is 0 Å². The van der Waals surface area contributed by atoms with Crippen LogP contribution in [0.1, 0.15) is 99.9 Å². The van der Waals surface area contributed by atoms with Crippen LogP contribution in [0.4, 0.5) is 0 Å². The lowest BCUT2D eigenvalue weighted by Gasteiger charge is -2.32. The number of halogens is 1. The van der Waals surface area contributed by atoms with Crippen LogP contribution in [0, 0.1) is 27.7 Å². The van der Waals surface area contributed by atoms with Crippen molar-refractivity contribution >= 4 is 28.5 Å². The third-order valence-electron chi connectivity index (χ3n) is 10.6. The van der Waals surface area contributed by atoms with E-state index in [4.69, 9.17) is 9.31 Å². The molecule has 0 unspecified atom stereocenters. The highest BCUT2D eigenvalue weighted by molar-refractivity contribution is 9.10. The smallest absolute Gasteiger partial charge is 0.399 e. The van der Waals surface area contributed by atoms with Gasteiger partial charge in [0.05, 0.1) is 11.2 Å². The summed E-state index contributed by atoms with van der Waals surface area (Å²) in [6.45, 7) is 26.4. The van der Waals surface area contributed by atoms with Crippen molar-refractivity contribution in [3.8, 4) is 22.3 Å². The van der Waals surface area contributed by atoms with Crippen LogP contribution in [0.2, 0.25) is 0 Å². The Bertz CT molecular complexity index is 1810. The monoisotopic (exact) mass is 648 g/mol. The molecule has 0 saturated carbocycles. The van der Waals surface area contributed by atoms with Crippen LogP contribution in [-0.4, -0.2) is 18.3 Å². The second-order valence-electron chi connectivity index (χ2n) is 15.4. The van der Waals surface area contributed by atoms with Crippen LogP contribution in [-0.2, 0) is 20.1 Å². The van der Waals surface area contributed by atoms with E-state index in [2.05, 4.69) is 160 Å². The predicted molar refractivity (Wildman–Crippen MR) is 190 cm³/mol. The first kappa shape index (κ1) is 31.3. The fraction of sp³-hybridized carbons (Fsp3) is 0.400. The summed E-state index contributed by atoms with van der Waals surface area (Å²) in [5.74, 6) is 0. The van der Waals surface area contributed by atoms with Crippen LogP contribution >= 0.6 is 15.9 Å². The van der Waals surface area contributed by atoms with Gasteiger partial charge in [-0.05, 0) is 117 Å². The van der Waals surface area contributed by atoms with E-state index >= 15 is 0 Å². The number of hydrogen-bond acceptors (Lipinski definition) is 2. The zero-order chi connectivity index (χ0) is 32.1. The highest BCUT2D eigenvalue weighted by atomic mass is 79.9. The van der Waals surface area contributed by atoms with Gasteiger partial charge >= 0.3 is 7.12 Å². The van der Waals surface area contributed by atoms with Crippen molar-refractivity contribution in [3.63, 3.8) is 0 Å². The normalized spacial score (nSPS) is 19.1. The standard InChI is InChI=1S/C23H29BO2.C17H17Br/c1-14-9-10-18-16(11-14)17-12-15(2)13-19(20(17)21(18,3)4)24-25-22(5,6)23(7,8)26-24;1-10-5-6-14-12(7-10)13-8-11(2)9-15(18)16(13)17(14,3)4/h9-13H,1-8H3;5-9H,1-4H3. The molecule has 4 aromatic rings. The fourth-order valence-electron chi connectivity index (χ4n) is 7.59. The van der Waals surface area contributed by atoms with Gasteiger partial charge in [0.2, 0.25) is 0 Å². The lowest BCUT2D eigenvalue weighted by atomic mass is 9.68. The van der Waals surface area contributed by atoms with Crippen molar-refractivity contribution in [3.05, 3.63) is 110 Å². The van der Waals surface area contributed by atoms with E-state index in [1.54, 1.807) is 0 Å². The van der Waals surface area contributed by atoms with Crippen LogP contribution in [0.5, 0.6) is 0 Å². The number of aryl methyl sites for hydroxylation is 4.